The van der Waals surface area contributed by atoms with E-state index in [1.165, 1.54) is 6.07 Å². The van der Waals surface area contributed by atoms with Gasteiger partial charge in [-0.15, -0.1) is 0 Å². The Hall–Kier alpha value is -3.03. The Morgan fingerprint density at radius 2 is 1.97 bits per heavy atom. The fourth-order valence-electron chi connectivity index (χ4n) is 3.37. The number of halogens is 2. The van der Waals surface area contributed by atoms with Crippen molar-refractivity contribution in [1.29, 1.82) is 0 Å². The van der Waals surface area contributed by atoms with Crippen LogP contribution >= 0.6 is 23.2 Å². The average Bonchev–Trinajstić information content (AvgIpc) is 3.06. The number of benzene rings is 2. The Morgan fingerprint density at radius 1 is 1.23 bits per heavy atom. The predicted molar refractivity (Wildman–Crippen MR) is 116 cm³/mol. The molecule has 0 fully saturated rings. The molecule has 0 radical (unpaired) electrons. The molecule has 3 aromatic rings. The minimum atomic E-state index is -0.814. The number of fused-ring (bicyclic) bond motifs is 1. The molecule has 2 N–H and O–H groups in total. The summed E-state index contributed by atoms with van der Waals surface area (Å²) in [4.78, 5) is 25.3. The summed E-state index contributed by atoms with van der Waals surface area (Å²) in [6, 6.07) is 11.4. The van der Waals surface area contributed by atoms with Gasteiger partial charge in [0.2, 0.25) is 11.8 Å². The number of ether oxygens (including phenoxy) is 1. The summed E-state index contributed by atoms with van der Waals surface area (Å²) >= 11 is 12.1. The van der Waals surface area contributed by atoms with Crippen molar-refractivity contribution >= 4 is 46.5 Å². The maximum atomic E-state index is 13.0. The summed E-state index contributed by atoms with van der Waals surface area (Å²) in [5.74, 6) is 0.582. The van der Waals surface area contributed by atoms with Crippen LogP contribution in [-0.2, 0) is 9.59 Å². The molecular formula is C21H18Cl2N4O3. The topological polar surface area (TPSA) is 85.2 Å². The fourth-order valence-corrected chi connectivity index (χ4v) is 3.83. The zero-order chi connectivity index (χ0) is 21.4. The molecule has 0 aliphatic carbocycles. The molecule has 7 nitrogen and oxygen atoms in total. The number of carbonyl (C=O) groups is 2. The number of nitrogens with zero attached hydrogens (tertiary/aromatic N) is 2. The Labute approximate surface area is 182 Å². The Morgan fingerprint density at radius 3 is 2.63 bits per heavy atom. The molecule has 1 atom stereocenters. The van der Waals surface area contributed by atoms with Gasteiger partial charge < -0.3 is 15.4 Å². The molecule has 0 saturated carbocycles. The van der Waals surface area contributed by atoms with Crippen molar-refractivity contribution in [2.24, 2.45) is 0 Å². The molecule has 1 aliphatic rings. The molecule has 9 heteroatoms. The molecule has 2 heterocycles. The lowest BCUT2D eigenvalue weighted by atomic mass is 10.1. The molecule has 0 spiro atoms. The zero-order valence-corrected chi connectivity index (χ0v) is 17.7. The van der Waals surface area contributed by atoms with Crippen LogP contribution < -0.4 is 15.4 Å². The summed E-state index contributed by atoms with van der Waals surface area (Å²) in [5.41, 5.74) is 2.72. The van der Waals surface area contributed by atoms with Crippen molar-refractivity contribution in [3.8, 4) is 17.0 Å². The third-order valence-corrected chi connectivity index (χ3v) is 5.48. The van der Waals surface area contributed by atoms with Gasteiger partial charge in [-0.2, -0.15) is 5.10 Å². The van der Waals surface area contributed by atoms with Gasteiger partial charge in [-0.25, -0.2) is 4.68 Å². The normalized spacial score (nSPS) is 15.3. The van der Waals surface area contributed by atoms with Crippen molar-refractivity contribution in [2.45, 2.75) is 19.4 Å². The molecule has 2 aromatic carbocycles. The van der Waals surface area contributed by atoms with Crippen molar-refractivity contribution in [1.82, 2.24) is 9.78 Å². The molecule has 154 valence electrons. The lowest BCUT2D eigenvalue weighted by molar-refractivity contribution is -0.125. The number of rotatable bonds is 4. The number of hydrogen-bond acceptors (Lipinski definition) is 4. The molecule has 0 bridgehead atoms. The van der Waals surface area contributed by atoms with Gasteiger partial charge in [0.05, 0.1) is 29.9 Å². The SMILES string of the molecule is COc1ccc(-c2nn3c(c2C)NC(=O)CC3C(=O)Nc2ccc(Cl)cc2Cl)cc1. The van der Waals surface area contributed by atoms with E-state index < -0.39 is 6.04 Å². The van der Waals surface area contributed by atoms with Crippen molar-refractivity contribution in [3.63, 3.8) is 0 Å². The Balaban J connectivity index is 1.68. The van der Waals surface area contributed by atoms with E-state index >= 15 is 0 Å². The summed E-state index contributed by atoms with van der Waals surface area (Å²) in [6.45, 7) is 1.86. The standard InChI is InChI=1S/C21H18Cl2N4O3/c1-11-19(12-3-6-14(30-2)7-4-12)26-27-17(10-18(28)25-20(11)27)21(29)24-16-8-5-13(22)9-15(16)23/h3-9,17H,10H2,1-2H3,(H,24,29)(H,25,28). The molecular weight excluding hydrogens is 427 g/mol. The summed E-state index contributed by atoms with van der Waals surface area (Å²) in [5, 5.41) is 11.0. The van der Waals surface area contributed by atoms with Crippen LogP contribution in [0.25, 0.3) is 11.3 Å². The molecule has 2 amide bonds. The van der Waals surface area contributed by atoms with E-state index in [2.05, 4.69) is 15.7 Å². The van der Waals surface area contributed by atoms with Crippen LogP contribution in [0.4, 0.5) is 11.5 Å². The third-order valence-electron chi connectivity index (χ3n) is 4.93. The van der Waals surface area contributed by atoms with Gasteiger partial charge in [0.15, 0.2) is 0 Å². The largest absolute Gasteiger partial charge is 0.497 e. The van der Waals surface area contributed by atoms with E-state index in [1.807, 2.05) is 31.2 Å². The number of aromatic nitrogens is 2. The van der Waals surface area contributed by atoms with Crippen LogP contribution in [0.5, 0.6) is 5.75 Å². The average molecular weight is 445 g/mol. The van der Waals surface area contributed by atoms with E-state index in [0.29, 0.717) is 27.2 Å². The Kier molecular flexibility index (Phi) is 5.40. The van der Waals surface area contributed by atoms with Crippen LogP contribution in [0.1, 0.15) is 18.0 Å². The van der Waals surface area contributed by atoms with Crippen LogP contribution in [0.3, 0.4) is 0 Å². The summed E-state index contributed by atoms with van der Waals surface area (Å²) in [6.07, 6.45) is -0.0345. The first-order chi connectivity index (χ1) is 14.4. The van der Waals surface area contributed by atoms with Gasteiger partial charge in [-0.1, -0.05) is 23.2 Å². The van der Waals surface area contributed by atoms with E-state index in [1.54, 1.807) is 23.9 Å². The fraction of sp³-hybridized carbons (Fsp3) is 0.190. The highest BCUT2D eigenvalue weighted by molar-refractivity contribution is 6.36. The first-order valence-electron chi connectivity index (χ1n) is 9.16. The highest BCUT2D eigenvalue weighted by Crippen LogP contribution is 2.35. The second kappa shape index (κ2) is 8.01. The van der Waals surface area contributed by atoms with E-state index in [0.717, 1.165) is 16.9 Å². The maximum Gasteiger partial charge on any atom is 0.249 e. The molecule has 30 heavy (non-hydrogen) atoms. The first-order valence-corrected chi connectivity index (χ1v) is 9.92. The summed E-state index contributed by atoms with van der Waals surface area (Å²) < 4.78 is 6.75. The summed E-state index contributed by atoms with van der Waals surface area (Å²) in [7, 11) is 1.60. The number of amides is 2. The van der Waals surface area contributed by atoms with Crippen LogP contribution in [0.15, 0.2) is 42.5 Å². The zero-order valence-electron chi connectivity index (χ0n) is 16.2. The number of hydrogen-bond donors (Lipinski definition) is 2. The number of nitrogens with one attached hydrogen (secondary N) is 2. The van der Waals surface area contributed by atoms with Gasteiger partial charge >= 0.3 is 0 Å². The van der Waals surface area contributed by atoms with Crippen molar-refractivity contribution < 1.29 is 14.3 Å². The molecule has 1 aromatic heterocycles. The van der Waals surface area contributed by atoms with Gasteiger partial charge in [0, 0.05) is 16.1 Å². The van der Waals surface area contributed by atoms with E-state index in [4.69, 9.17) is 27.9 Å². The second-order valence-electron chi connectivity index (χ2n) is 6.88. The van der Waals surface area contributed by atoms with Crippen molar-refractivity contribution in [3.05, 3.63) is 58.1 Å². The van der Waals surface area contributed by atoms with Gasteiger partial charge in [0.1, 0.15) is 17.6 Å². The van der Waals surface area contributed by atoms with Crippen molar-refractivity contribution in [2.75, 3.05) is 17.7 Å². The van der Waals surface area contributed by atoms with Crippen LogP contribution in [0.2, 0.25) is 10.0 Å². The lowest BCUT2D eigenvalue weighted by Gasteiger charge is -2.24. The minimum Gasteiger partial charge on any atom is -0.497 e. The molecule has 4 rings (SSSR count). The number of anilines is 2. The Bertz CT molecular complexity index is 1140. The predicted octanol–water partition coefficient (Wildman–Crippen LogP) is 4.70. The smallest absolute Gasteiger partial charge is 0.249 e. The van der Waals surface area contributed by atoms with Gasteiger partial charge in [-0.3, -0.25) is 9.59 Å². The van der Waals surface area contributed by atoms with Crippen LogP contribution in [0, 0.1) is 6.92 Å². The number of methoxy groups -OCH3 is 1. The number of carbonyl (C=O) groups excluding carboxylic acids is 2. The molecule has 0 saturated heterocycles. The van der Waals surface area contributed by atoms with E-state index in [-0.39, 0.29) is 18.2 Å². The maximum absolute atomic E-state index is 13.0. The van der Waals surface area contributed by atoms with Gasteiger partial charge in [-0.05, 0) is 49.4 Å². The van der Waals surface area contributed by atoms with Crippen LogP contribution in [-0.4, -0.2) is 28.7 Å². The second-order valence-corrected chi connectivity index (χ2v) is 7.72. The third kappa shape index (κ3) is 3.74. The molecule has 1 aliphatic heterocycles. The quantitative estimate of drug-likeness (QED) is 0.610. The highest BCUT2D eigenvalue weighted by Gasteiger charge is 2.34. The molecule has 1 unspecified atom stereocenters. The van der Waals surface area contributed by atoms with Gasteiger partial charge in [0.25, 0.3) is 0 Å². The monoisotopic (exact) mass is 444 g/mol. The highest BCUT2D eigenvalue weighted by atomic mass is 35.5. The van der Waals surface area contributed by atoms with E-state index in [9.17, 15) is 9.59 Å². The lowest BCUT2D eigenvalue weighted by Crippen LogP contribution is -2.36. The minimum absolute atomic E-state index is 0.0345. The first kappa shape index (κ1) is 20.3.